The average molecular weight is 432 g/mol. The Balaban J connectivity index is 1.37. The highest BCUT2D eigenvalue weighted by atomic mass is 19.4. The Bertz CT molecular complexity index is 1150. The second kappa shape index (κ2) is 6.93. The van der Waals surface area contributed by atoms with Crippen molar-refractivity contribution in [3.05, 3.63) is 54.2 Å². The predicted molar refractivity (Wildman–Crippen MR) is 101 cm³/mol. The number of nitrogens with one attached hydrogen (secondary N) is 1. The molecule has 1 aliphatic heterocycles. The molecule has 1 aliphatic carbocycles. The molecule has 1 saturated carbocycles. The van der Waals surface area contributed by atoms with Crippen LogP contribution in [0.4, 0.5) is 18.9 Å². The van der Waals surface area contributed by atoms with Crippen molar-refractivity contribution in [3.63, 3.8) is 0 Å². The molecule has 5 rings (SSSR count). The minimum atomic E-state index is -4.87. The third-order valence-corrected chi connectivity index (χ3v) is 5.20. The number of benzene rings is 2. The smallest absolute Gasteiger partial charge is 0.454 e. The van der Waals surface area contributed by atoms with Crippen LogP contribution in [-0.2, 0) is 10.2 Å². The van der Waals surface area contributed by atoms with Gasteiger partial charge in [0.15, 0.2) is 23.0 Å². The first kappa shape index (κ1) is 19.3. The summed E-state index contributed by atoms with van der Waals surface area (Å²) >= 11 is 0. The topological polar surface area (TPSA) is 82.8 Å². The average Bonchev–Trinajstić information content (AvgIpc) is 3.17. The zero-order chi connectivity index (χ0) is 21.6. The van der Waals surface area contributed by atoms with Crippen LogP contribution in [-0.4, -0.2) is 24.2 Å². The van der Waals surface area contributed by atoms with E-state index in [9.17, 15) is 18.0 Å². The molecule has 1 aromatic heterocycles. The van der Waals surface area contributed by atoms with E-state index in [0.717, 1.165) is 6.07 Å². The van der Waals surface area contributed by atoms with Crippen molar-refractivity contribution in [2.75, 3.05) is 12.1 Å². The summed E-state index contributed by atoms with van der Waals surface area (Å²) in [6.07, 6.45) is -3.88. The number of hydrogen-bond donors (Lipinski definition) is 1. The molecule has 1 fully saturated rings. The second-order valence-corrected chi connectivity index (χ2v) is 7.22. The van der Waals surface area contributed by atoms with E-state index in [1.165, 1.54) is 18.2 Å². The first-order valence-corrected chi connectivity index (χ1v) is 9.38. The lowest BCUT2D eigenvalue weighted by atomic mass is 10.00. The van der Waals surface area contributed by atoms with Gasteiger partial charge in [-0.1, -0.05) is 17.3 Å². The zero-order valence-electron chi connectivity index (χ0n) is 15.9. The van der Waals surface area contributed by atoms with E-state index in [2.05, 4.69) is 15.2 Å². The summed E-state index contributed by atoms with van der Waals surface area (Å²) in [5.74, 6) is 0.682. The van der Waals surface area contributed by atoms with Crippen molar-refractivity contribution >= 4 is 11.6 Å². The van der Waals surface area contributed by atoms with Crippen LogP contribution >= 0.6 is 0 Å². The molecule has 7 nitrogen and oxygen atoms in total. The molecule has 0 spiro atoms. The monoisotopic (exact) mass is 432 g/mol. The summed E-state index contributed by atoms with van der Waals surface area (Å²) in [6.45, 7) is 0.142. The molecule has 3 aromatic rings. The zero-order valence-corrected chi connectivity index (χ0v) is 15.9. The molecule has 0 radical (unpaired) electrons. The van der Waals surface area contributed by atoms with Gasteiger partial charge in [0.1, 0.15) is 0 Å². The maximum absolute atomic E-state index is 12.9. The predicted octanol–water partition coefficient (Wildman–Crippen LogP) is 4.64. The molecule has 0 bridgehead atoms. The molecule has 160 valence electrons. The van der Waals surface area contributed by atoms with Crippen LogP contribution in [0.25, 0.3) is 11.3 Å². The van der Waals surface area contributed by atoms with Gasteiger partial charge >= 0.3 is 6.36 Å². The summed E-state index contributed by atoms with van der Waals surface area (Å²) in [7, 11) is 0. The molecule has 31 heavy (non-hydrogen) atoms. The van der Waals surface area contributed by atoms with Crippen LogP contribution in [0, 0.1) is 0 Å². The van der Waals surface area contributed by atoms with Gasteiger partial charge < -0.3 is 24.1 Å². The van der Waals surface area contributed by atoms with Crippen molar-refractivity contribution in [3.8, 4) is 28.6 Å². The van der Waals surface area contributed by atoms with E-state index >= 15 is 0 Å². The van der Waals surface area contributed by atoms with Crippen molar-refractivity contribution in [2.45, 2.75) is 24.6 Å². The number of alkyl halides is 3. The lowest BCUT2D eigenvalue weighted by Gasteiger charge is -2.16. The van der Waals surface area contributed by atoms with E-state index in [4.69, 9.17) is 14.0 Å². The lowest BCUT2D eigenvalue weighted by molar-refractivity contribution is -0.274. The fraction of sp³-hybridized carbons (Fsp3) is 0.238. The summed E-state index contributed by atoms with van der Waals surface area (Å²) in [6, 6.07) is 12.3. The Kier molecular flexibility index (Phi) is 4.31. The number of fused-ring (bicyclic) bond motifs is 1. The van der Waals surface area contributed by atoms with Gasteiger partial charge in [-0.25, -0.2) is 0 Å². The standard InChI is InChI=1S/C21H15F3N2O5/c22-21(23,24)30-14-4-2-1-3-13(14)25-19(27)20(7-8-20)18-10-16(31-26-18)12-5-6-15-17(9-12)29-11-28-15/h1-6,9-10H,7-8,11H2,(H,25,27). The Morgan fingerprint density at radius 3 is 2.61 bits per heavy atom. The molecule has 2 aliphatic rings. The number of ether oxygens (including phenoxy) is 3. The molecule has 1 amide bonds. The summed E-state index contributed by atoms with van der Waals surface area (Å²) < 4.78 is 58.0. The number of rotatable bonds is 5. The first-order chi connectivity index (χ1) is 14.8. The fourth-order valence-electron chi connectivity index (χ4n) is 3.44. The van der Waals surface area contributed by atoms with Crippen LogP contribution in [0.3, 0.4) is 0 Å². The highest BCUT2D eigenvalue weighted by Gasteiger charge is 2.54. The molecule has 0 atom stereocenters. The van der Waals surface area contributed by atoms with Gasteiger partial charge in [-0.15, -0.1) is 13.2 Å². The number of carbonyl (C=O) groups is 1. The molecule has 2 aromatic carbocycles. The number of aromatic nitrogens is 1. The van der Waals surface area contributed by atoms with E-state index in [1.54, 1.807) is 24.3 Å². The number of carbonyl (C=O) groups excluding carboxylic acids is 1. The first-order valence-electron chi connectivity index (χ1n) is 9.38. The molecule has 2 heterocycles. The molecular formula is C21H15F3N2O5. The van der Waals surface area contributed by atoms with Crippen molar-refractivity contribution in [1.29, 1.82) is 0 Å². The Morgan fingerprint density at radius 1 is 1.06 bits per heavy atom. The number of hydrogen-bond acceptors (Lipinski definition) is 6. The Morgan fingerprint density at radius 2 is 1.84 bits per heavy atom. The molecular weight excluding hydrogens is 417 g/mol. The summed E-state index contributed by atoms with van der Waals surface area (Å²) in [5, 5.41) is 6.58. The number of halogens is 3. The van der Waals surface area contributed by atoms with Gasteiger partial charge in [0.05, 0.1) is 16.8 Å². The van der Waals surface area contributed by atoms with Crippen LogP contribution in [0.1, 0.15) is 18.5 Å². The molecule has 0 unspecified atom stereocenters. The maximum Gasteiger partial charge on any atom is 0.573 e. The van der Waals surface area contributed by atoms with Crippen LogP contribution in [0.2, 0.25) is 0 Å². The Hall–Kier alpha value is -3.69. The lowest BCUT2D eigenvalue weighted by Crippen LogP contribution is -2.28. The van der Waals surface area contributed by atoms with Gasteiger partial charge in [-0.05, 0) is 43.2 Å². The fourth-order valence-corrected chi connectivity index (χ4v) is 3.44. The largest absolute Gasteiger partial charge is 0.573 e. The van der Waals surface area contributed by atoms with E-state index in [1.807, 2.05) is 0 Å². The minimum absolute atomic E-state index is 0.0735. The molecule has 0 saturated heterocycles. The Labute approximate surface area is 173 Å². The van der Waals surface area contributed by atoms with Gasteiger partial charge in [0.25, 0.3) is 0 Å². The summed E-state index contributed by atoms with van der Waals surface area (Å²) in [5.41, 5.74) is 0.0642. The van der Waals surface area contributed by atoms with Crippen molar-refractivity contribution in [1.82, 2.24) is 5.16 Å². The van der Waals surface area contributed by atoms with E-state index < -0.39 is 23.4 Å². The third-order valence-electron chi connectivity index (χ3n) is 5.20. The summed E-state index contributed by atoms with van der Waals surface area (Å²) in [4.78, 5) is 12.9. The van der Waals surface area contributed by atoms with Crippen LogP contribution in [0.5, 0.6) is 17.2 Å². The van der Waals surface area contributed by atoms with E-state index in [0.29, 0.717) is 41.4 Å². The minimum Gasteiger partial charge on any atom is -0.454 e. The van der Waals surface area contributed by atoms with Gasteiger partial charge in [0, 0.05) is 11.6 Å². The normalized spacial score (nSPS) is 16.1. The highest BCUT2D eigenvalue weighted by molar-refractivity contribution is 6.02. The maximum atomic E-state index is 12.9. The van der Waals surface area contributed by atoms with E-state index in [-0.39, 0.29) is 12.5 Å². The third kappa shape index (κ3) is 3.65. The number of nitrogens with zero attached hydrogens (tertiary/aromatic N) is 1. The number of amides is 1. The number of anilines is 1. The van der Waals surface area contributed by atoms with Gasteiger partial charge in [-0.2, -0.15) is 0 Å². The van der Waals surface area contributed by atoms with Gasteiger partial charge in [-0.3, -0.25) is 4.79 Å². The van der Waals surface area contributed by atoms with Gasteiger partial charge in [0.2, 0.25) is 12.7 Å². The van der Waals surface area contributed by atoms with Crippen molar-refractivity contribution in [2.24, 2.45) is 0 Å². The van der Waals surface area contributed by atoms with Crippen LogP contribution in [0.15, 0.2) is 53.1 Å². The highest BCUT2D eigenvalue weighted by Crippen LogP contribution is 2.50. The van der Waals surface area contributed by atoms with Crippen LogP contribution < -0.4 is 19.5 Å². The molecule has 10 heteroatoms. The van der Waals surface area contributed by atoms with Crippen molar-refractivity contribution < 1.29 is 36.7 Å². The second-order valence-electron chi connectivity index (χ2n) is 7.22. The number of para-hydroxylation sites is 2. The SMILES string of the molecule is O=C(Nc1ccccc1OC(F)(F)F)C1(c2cc(-c3ccc4c(c3)OCO4)on2)CC1. The molecule has 1 N–H and O–H groups in total. The quantitative estimate of drug-likeness (QED) is 0.633.